The van der Waals surface area contributed by atoms with Gasteiger partial charge in [-0.05, 0) is 59.0 Å². The molecular formula is C15H31N3O. The third-order valence-electron chi connectivity index (χ3n) is 4.77. The first-order valence-electron chi connectivity index (χ1n) is 7.73. The van der Waals surface area contributed by atoms with E-state index in [0.717, 1.165) is 38.6 Å². The number of nitrogens with two attached hydrogens (primary N) is 1. The Bertz CT molecular complexity index is 295. The zero-order chi connectivity index (χ0) is 14.5. The molecule has 1 amide bonds. The average Bonchev–Trinajstić information content (AvgIpc) is 2.43. The molecule has 3 unspecified atom stereocenters. The van der Waals surface area contributed by atoms with Crippen LogP contribution in [0.15, 0.2) is 0 Å². The van der Waals surface area contributed by atoms with Gasteiger partial charge in [0.2, 0.25) is 5.91 Å². The molecule has 0 spiro atoms. The van der Waals surface area contributed by atoms with E-state index < -0.39 is 5.54 Å². The first-order valence-corrected chi connectivity index (χ1v) is 7.73. The molecule has 1 saturated carbocycles. The second-order valence-corrected chi connectivity index (χ2v) is 6.05. The van der Waals surface area contributed by atoms with Gasteiger partial charge in [-0.25, -0.2) is 0 Å². The molecule has 0 bridgehead atoms. The molecule has 0 saturated heterocycles. The Morgan fingerprint density at radius 2 is 2.21 bits per heavy atom. The Morgan fingerprint density at radius 3 is 2.74 bits per heavy atom. The van der Waals surface area contributed by atoms with E-state index in [2.05, 4.69) is 38.0 Å². The van der Waals surface area contributed by atoms with E-state index in [1.165, 1.54) is 6.42 Å². The van der Waals surface area contributed by atoms with Crippen molar-refractivity contribution in [2.45, 2.75) is 76.9 Å². The Labute approximate surface area is 118 Å². The van der Waals surface area contributed by atoms with Crippen molar-refractivity contribution in [3.05, 3.63) is 0 Å². The molecule has 3 N–H and O–H groups in total. The van der Waals surface area contributed by atoms with Crippen molar-refractivity contribution in [1.29, 1.82) is 0 Å². The molecule has 0 heterocycles. The lowest BCUT2D eigenvalue weighted by Crippen LogP contribution is -2.61. The third-order valence-corrected chi connectivity index (χ3v) is 4.77. The summed E-state index contributed by atoms with van der Waals surface area (Å²) in [5.41, 5.74) is 5.21. The summed E-state index contributed by atoms with van der Waals surface area (Å²) in [5, 5.41) is 3.42. The fourth-order valence-corrected chi connectivity index (χ4v) is 3.08. The lowest BCUT2D eigenvalue weighted by atomic mass is 9.77. The topological polar surface area (TPSA) is 58.4 Å². The molecule has 1 aliphatic carbocycles. The van der Waals surface area contributed by atoms with Crippen LogP contribution in [-0.4, -0.2) is 42.0 Å². The van der Waals surface area contributed by atoms with Crippen LogP contribution in [0.4, 0.5) is 0 Å². The average molecular weight is 269 g/mol. The van der Waals surface area contributed by atoms with E-state index in [1.807, 2.05) is 0 Å². The molecule has 1 aliphatic rings. The van der Waals surface area contributed by atoms with Gasteiger partial charge >= 0.3 is 0 Å². The minimum atomic E-state index is -0.485. The standard InChI is InChI=1S/C15H31N3O/c1-5-10-17-15(14(16)19)9-7-8-13(11-15)18(4)12(3)6-2/h12-13,17H,5-11H2,1-4H3,(H2,16,19). The van der Waals surface area contributed by atoms with Crippen LogP contribution >= 0.6 is 0 Å². The number of hydrogen-bond acceptors (Lipinski definition) is 3. The summed E-state index contributed by atoms with van der Waals surface area (Å²) in [7, 11) is 2.18. The molecule has 1 rings (SSSR count). The van der Waals surface area contributed by atoms with Crippen LogP contribution in [0.25, 0.3) is 0 Å². The Kier molecular flexibility index (Phi) is 6.27. The maximum atomic E-state index is 11.9. The van der Waals surface area contributed by atoms with E-state index in [9.17, 15) is 4.79 Å². The summed E-state index contributed by atoms with van der Waals surface area (Å²) in [4.78, 5) is 14.4. The molecule has 4 heteroatoms. The second-order valence-electron chi connectivity index (χ2n) is 6.05. The molecule has 0 aliphatic heterocycles. The van der Waals surface area contributed by atoms with Crippen LogP contribution in [0.5, 0.6) is 0 Å². The van der Waals surface area contributed by atoms with Crippen molar-refractivity contribution >= 4 is 5.91 Å². The highest BCUT2D eigenvalue weighted by atomic mass is 16.1. The minimum Gasteiger partial charge on any atom is -0.368 e. The lowest BCUT2D eigenvalue weighted by Gasteiger charge is -2.44. The van der Waals surface area contributed by atoms with E-state index in [0.29, 0.717) is 12.1 Å². The summed E-state index contributed by atoms with van der Waals surface area (Å²) in [6.07, 6.45) is 6.14. The maximum absolute atomic E-state index is 11.9. The smallest absolute Gasteiger partial charge is 0.237 e. The van der Waals surface area contributed by atoms with Gasteiger partial charge in [0, 0.05) is 12.1 Å². The second kappa shape index (κ2) is 7.25. The van der Waals surface area contributed by atoms with Crippen molar-refractivity contribution in [3.63, 3.8) is 0 Å². The highest BCUT2D eigenvalue weighted by Gasteiger charge is 2.42. The first kappa shape index (κ1) is 16.4. The zero-order valence-corrected chi connectivity index (χ0v) is 13.0. The molecule has 19 heavy (non-hydrogen) atoms. The van der Waals surface area contributed by atoms with Crippen molar-refractivity contribution in [1.82, 2.24) is 10.2 Å². The maximum Gasteiger partial charge on any atom is 0.237 e. The van der Waals surface area contributed by atoms with E-state index in [1.54, 1.807) is 0 Å². The Balaban J connectivity index is 2.76. The largest absolute Gasteiger partial charge is 0.368 e. The Morgan fingerprint density at radius 1 is 1.53 bits per heavy atom. The molecule has 1 fully saturated rings. The third kappa shape index (κ3) is 3.93. The van der Waals surface area contributed by atoms with Gasteiger partial charge in [0.1, 0.15) is 0 Å². The van der Waals surface area contributed by atoms with E-state index in [4.69, 9.17) is 5.73 Å². The number of carbonyl (C=O) groups is 1. The fourth-order valence-electron chi connectivity index (χ4n) is 3.08. The van der Waals surface area contributed by atoms with Crippen molar-refractivity contribution in [2.24, 2.45) is 5.73 Å². The molecule has 4 nitrogen and oxygen atoms in total. The Hall–Kier alpha value is -0.610. The SMILES string of the molecule is CCCNC1(C(N)=O)CCCC(N(C)C(C)CC)C1. The first-order chi connectivity index (χ1) is 8.96. The zero-order valence-electron chi connectivity index (χ0n) is 13.0. The molecule has 0 radical (unpaired) electrons. The summed E-state index contributed by atoms with van der Waals surface area (Å²) in [6.45, 7) is 7.44. The van der Waals surface area contributed by atoms with Gasteiger partial charge in [-0.3, -0.25) is 4.79 Å². The summed E-state index contributed by atoms with van der Waals surface area (Å²) in [6, 6.07) is 1.01. The number of nitrogens with one attached hydrogen (secondary N) is 1. The number of hydrogen-bond donors (Lipinski definition) is 2. The predicted molar refractivity (Wildman–Crippen MR) is 80.0 cm³/mol. The molecule has 112 valence electrons. The molecule has 0 aromatic heterocycles. The van der Waals surface area contributed by atoms with Gasteiger partial charge in [0.05, 0.1) is 5.54 Å². The van der Waals surface area contributed by atoms with Crippen LogP contribution in [0.2, 0.25) is 0 Å². The summed E-state index contributed by atoms with van der Waals surface area (Å²) < 4.78 is 0. The van der Waals surface area contributed by atoms with Crippen molar-refractivity contribution in [2.75, 3.05) is 13.6 Å². The van der Waals surface area contributed by atoms with Crippen LogP contribution in [0.3, 0.4) is 0 Å². The van der Waals surface area contributed by atoms with Gasteiger partial charge < -0.3 is 16.0 Å². The van der Waals surface area contributed by atoms with E-state index >= 15 is 0 Å². The van der Waals surface area contributed by atoms with E-state index in [-0.39, 0.29) is 5.91 Å². The monoisotopic (exact) mass is 269 g/mol. The highest BCUT2D eigenvalue weighted by Crippen LogP contribution is 2.31. The van der Waals surface area contributed by atoms with Gasteiger partial charge in [-0.15, -0.1) is 0 Å². The van der Waals surface area contributed by atoms with Gasteiger partial charge in [0.25, 0.3) is 0 Å². The minimum absolute atomic E-state index is 0.178. The number of amides is 1. The van der Waals surface area contributed by atoms with Gasteiger partial charge in [-0.1, -0.05) is 13.8 Å². The number of carbonyl (C=O) groups excluding carboxylic acids is 1. The van der Waals surface area contributed by atoms with Crippen LogP contribution in [0, 0.1) is 0 Å². The predicted octanol–water partition coefficient (Wildman–Crippen LogP) is 1.88. The lowest BCUT2D eigenvalue weighted by molar-refractivity contribution is -0.126. The number of primary amides is 1. The molecule has 0 aromatic rings. The molecular weight excluding hydrogens is 238 g/mol. The van der Waals surface area contributed by atoms with Gasteiger partial charge in [-0.2, -0.15) is 0 Å². The van der Waals surface area contributed by atoms with Crippen LogP contribution in [-0.2, 0) is 4.79 Å². The summed E-state index contributed by atoms with van der Waals surface area (Å²) >= 11 is 0. The normalized spacial score (nSPS) is 29.4. The fraction of sp³-hybridized carbons (Fsp3) is 0.933. The summed E-state index contributed by atoms with van der Waals surface area (Å²) in [5.74, 6) is -0.178. The quantitative estimate of drug-likeness (QED) is 0.742. The van der Waals surface area contributed by atoms with Crippen LogP contribution < -0.4 is 11.1 Å². The molecule has 0 aromatic carbocycles. The molecule has 3 atom stereocenters. The van der Waals surface area contributed by atoms with Crippen molar-refractivity contribution in [3.8, 4) is 0 Å². The van der Waals surface area contributed by atoms with Crippen molar-refractivity contribution < 1.29 is 4.79 Å². The number of nitrogens with zero attached hydrogens (tertiary/aromatic N) is 1. The highest BCUT2D eigenvalue weighted by molar-refractivity contribution is 5.84. The number of rotatable bonds is 7. The van der Waals surface area contributed by atoms with Gasteiger partial charge in [0.15, 0.2) is 0 Å². The van der Waals surface area contributed by atoms with Crippen LogP contribution in [0.1, 0.15) is 59.3 Å².